The van der Waals surface area contributed by atoms with Crippen molar-refractivity contribution in [2.75, 3.05) is 13.7 Å². The van der Waals surface area contributed by atoms with Crippen LogP contribution >= 0.6 is 22.7 Å². The zero-order valence-corrected chi connectivity index (χ0v) is 13.9. The van der Waals surface area contributed by atoms with Crippen LogP contribution in [0.3, 0.4) is 0 Å². The third-order valence-electron chi connectivity index (χ3n) is 3.56. The standard InChI is InChI=1S/C17H19NOS2/c1-3-9-18-15(17-14(19-2)8-11-21-17)13-6-4-5-12-7-10-20-16(12)13/h4-8,10-11,15,18H,3,9H2,1-2H3. The molecule has 2 heterocycles. The van der Waals surface area contributed by atoms with Crippen molar-refractivity contribution >= 4 is 32.8 Å². The van der Waals surface area contributed by atoms with Crippen LogP contribution in [0.15, 0.2) is 41.1 Å². The van der Waals surface area contributed by atoms with Crippen molar-refractivity contribution < 1.29 is 4.74 Å². The molecule has 21 heavy (non-hydrogen) atoms. The Bertz CT molecular complexity index is 716. The van der Waals surface area contributed by atoms with Crippen molar-refractivity contribution in [3.05, 3.63) is 51.5 Å². The van der Waals surface area contributed by atoms with Crippen molar-refractivity contribution in [3.63, 3.8) is 0 Å². The summed E-state index contributed by atoms with van der Waals surface area (Å²) in [4.78, 5) is 1.26. The average molecular weight is 317 g/mol. The number of nitrogens with one attached hydrogen (secondary N) is 1. The van der Waals surface area contributed by atoms with Crippen LogP contribution in [0.4, 0.5) is 0 Å². The second-order valence-electron chi connectivity index (χ2n) is 4.93. The largest absolute Gasteiger partial charge is 0.496 e. The summed E-state index contributed by atoms with van der Waals surface area (Å²) in [6.45, 7) is 3.19. The summed E-state index contributed by atoms with van der Waals surface area (Å²) in [6, 6.07) is 11.0. The lowest BCUT2D eigenvalue weighted by Crippen LogP contribution is -2.22. The van der Waals surface area contributed by atoms with Gasteiger partial charge in [0.25, 0.3) is 0 Å². The molecule has 0 aliphatic rings. The van der Waals surface area contributed by atoms with E-state index in [0.717, 1.165) is 18.7 Å². The molecule has 0 aliphatic carbocycles. The van der Waals surface area contributed by atoms with Gasteiger partial charge in [-0.15, -0.1) is 22.7 Å². The molecule has 1 N–H and O–H groups in total. The van der Waals surface area contributed by atoms with E-state index in [1.54, 1.807) is 18.4 Å². The van der Waals surface area contributed by atoms with Crippen molar-refractivity contribution in [2.45, 2.75) is 19.4 Å². The summed E-state index contributed by atoms with van der Waals surface area (Å²) in [5, 5.41) is 9.26. The molecule has 3 rings (SSSR count). The molecular formula is C17H19NOS2. The van der Waals surface area contributed by atoms with E-state index >= 15 is 0 Å². The molecule has 2 aromatic heterocycles. The minimum absolute atomic E-state index is 0.197. The molecular weight excluding hydrogens is 298 g/mol. The first kappa shape index (κ1) is 14.6. The zero-order valence-electron chi connectivity index (χ0n) is 12.3. The van der Waals surface area contributed by atoms with E-state index in [2.05, 4.69) is 53.3 Å². The van der Waals surface area contributed by atoms with E-state index in [1.807, 2.05) is 11.3 Å². The molecule has 1 atom stereocenters. The Morgan fingerprint density at radius 3 is 2.81 bits per heavy atom. The summed E-state index contributed by atoms with van der Waals surface area (Å²) in [5.74, 6) is 0.974. The van der Waals surface area contributed by atoms with Gasteiger partial charge in [0.2, 0.25) is 0 Å². The normalized spacial score (nSPS) is 12.7. The molecule has 0 radical (unpaired) electrons. The van der Waals surface area contributed by atoms with Crippen LogP contribution in [-0.2, 0) is 0 Å². The molecule has 2 nitrogen and oxygen atoms in total. The third-order valence-corrected chi connectivity index (χ3v) is 5.50. The monoisotopic (exact) mass is 317 g/mol. The fraction of sp³-hybridized carbons (Fsp3) is 0.294. The number of methoxy groups -OCH3 is 1. The highest BCUT2D eigenvalue weighted by Gasteiger charge is 2.21. The zero-order chi connectivity index (χ0) is 14.7. The van der Waals surface area contributed by atoms with Gasteiger partial charge in [0.1, 0.15) is 5.75 Å². The first-order chi connectivity index (χ1) is 10.3. The molecule has 0 saturated carbocycles. The van der Waals surface area contributed by atoms with Gasteiger partial charge in [0.05, 0.1) is 18.0 Å². The van der Waals surface area contributed by atoms with E-state index in [0.29, 0.717) is 0 Å². The van der Waals surface area contributed by atoms with Crippen molar-refractivity contribution in [1.29, 1.82) is 0 Å². The molecule has 110 valence electrons. The lowest BCUT2D eigenvalue weighted by molar-refractivity contribution is 0.407. The molecule has 0 amide bonds. The van der Waals surface area contributed by atoms with Gasteiger partial charge in [-0.25, -0.2) is 0 Å². The van der Waals surface area contributed by atoms with Gasteiger partial charge >= 0.3 is 0 Å². The number of hydrogen-bond donors (Lipinski definition) is 1. The Hall–Kier alpha value is -1.36. The van der Waals surface area contributed by atoms with Gasteiger partial charge in [0, 0.05) is 4.70 Å². The van der Waals surface area contributed by atoms with E-state index in [1.165, 1.54) is 20.5 Å². The summed E-state index contributed by atoms with van der Waals surface area (Å²) in [6.07, 6.45) is 1.12. The molecule has 0 fully saturated rings. The first-order valence-corrected chi connectivity index (χ1v) is 8.92. The smallest absolute Gasteiger partial charge is 0.134 e. The van der Waals surface area contributed by atoms with Crippen LogP contribution in [-0.4, -0.2) is 13.7 Å². The van der Waals surface area contributed by atoms with Crippen LogP contribution in [0.2, 0.25) is 0 Å². The maximum atomic E-state index is 5.54. The van der Waals surface area contributed by atoms with E-state index in [4.69, 9.17) is 4.74 Å². The molecule has 0 bridgehead atoms. The maximum Gasteiger partial charge on any atom is 0.134 e. The fourth-order valence-electron chi connectivity index (χ4n) is 2.56. The second-order valence-corrected chi connectivity index (χ2v) is 6.79. The Morgan fingerprint density at radius 1 is 1.14 bits per heavy atom. The number of fused-ring (bicyclic) bond motifs is 1. The Morgan fingerprint density at radius 2 is 2.00 bits per heavy atom. The SMILES string of the molecule is CCCNC(c1sccc1OC)c1cccc2ccsc12. The van der Waals surface area contributed by atoms with Gasteiger partial charge in [0.15, 0.2) is 0 Å². The number of hydrogen-bond acceptors (Lipinski definition) is 4. The Labute approximate surface area is 133 Å². The van der Waals surface area contributed by atoms with Crippen LogP contribution < -0.4 is 10.1 Å². The van der Waals surface area contributed by atoms with Crippen molar-refractivity contribution in [3.8, 4) is 5.75 Å². The summed E-state index contributed by atoms with van der Waals surface area (Å²) in [5.41, 5.74) is 1.34. The summed E-state index contributed by atoms with van der Waals surface area (Å²) < 4.78 is 6.90. The van der Waals surface area contributed by atoms with E-state index in [-0.39, 0.29) is 6.04 Å². The van der Waals surface area contributed by atoms with E-state index < -0.39 is 0 Å². The van der Waals surface area contributed by atoms with Crippen LogP contribution in [0.5, 0.6) is 5.75 Å². The number of benzene rings is 1. The number of thiophene rings is 2. The van der Waals surface area contributed by atoms with Crippen LogP contribution in [0.25, 0.3) is 10.1 Å². The Kier molecular flexibility index (Phi) is 4.58. The molecule has 1 unspecified atom stereocenters. The highest BCUT2D eigenvalue weighted by molar-refractivity contribution is 7.17. The minimum atomic E-state index is 0.197. The van der Waals surface area contributed by atoms with Crippen LogP contribution in [0.1, 0.15) is 29.8 Å². The first-order valence-electron chi connectivity index (χ1n) is 7.16. The fourth-order valence-corrected chi connectivity index (χ4v) is 4.46. The van der Waals surface area contributed by atoms with Gasteiger partial charge < -0.3 is 10.1 Å². The molecule has 3 aromatic rings. The van der Waals surface area contributed by atoms with E-state index in [9.17, 15) is 0 Å². The highest BCUT2D eigenvalue weighted by Crippen LogP contribution is 2.38. The minimum Gasteiger partial charge on any atom is -0.496 e. The van der Waals surface area contributed by atoms with Gasteiger partial charge in [-0.2, -0.15) is 0 Å². The average Bonchev–Trinajstić information content (AvgIpc) is 3.16. The second kappa shape index (κ2) is 6.60. The van der Waals surface area contributed by atoms with Crippen molar-refractivity contribution in [1.82, 2.24) is 5.32 Å². The van der Waals surface area contributed by atoms with Gasteiger partial charge in [-0.1, -0.05) is 25.1 Å². The number of rotatable bonds is 6. The van der Waals surface area contributed by atoms with Gasteiger partial charge in [-0.3, -0.25) is 0 Å². The highest BCUT2D eigenvalue weighted by atomic mass is 32.1. The molecule has 0 saturated heterocycles. The molecule has 0 spiro atoms. The molecule has 1 aromatic carbocycles. The van der Waals surface area contributed by atoms with Crippen molar-refractivity contribution in [2.24, 2.45) is 0 Å². The predicted octanol–water partition coefficient (Wildman–Crippen LogP) is 5.06. The summed E-state index contributed by atoms with van der Waals surface area (Å²) in [7, 11) is 1.74. The lowest BCUT2D eigenvalue weighted by atomic mass is 10.0. The van der Waals surface area contributed by atoms with Gasteiger partial charge in [-0.05, 0) is 46.8 Å². The quantitative estimate of drug-likeness (QED) is 0.686. The Balaban J connectivity index is 2.09. The molecule has 0 aliphatic heterocycles. The molecule has 4 heteroatoms. The summed E-state index contributed by atoms with van der Waals surface area (Å²) >= 11 is 3.57. The lowest BCUT2D eigenvalue weighted by Gasteiger charge is -2.20. The maximum absolute atomic E-state index is 5.54. The third kappa shape index (κ3) is 2.84. The topological polar surface area (TPSA) is 21.3 Å². The van der Waals surface area contributed by atoms with Crippen LogP contribution in [0, 0.1) is 0 Å². The predicted molar refractivity (Wildman–Crippen MR) is 92.8 cm³/mol. The number of ether oxygens (including phenoxy) is 1.